The molecule has 0 N–H and O–H groups in total. The monoisotopic (exact) mass is 276 g/mol. The van der Waals surface area contributed by atoms with Crippen LogP contribution in [0.25, 0.3) is 0 Å². The van der Waals surface area contributed by atoms with Crippen molar-refractivity contribution in [1.29, 1.82) is 0 Å². The van der Waals surface area contributed by atoms with Gasteiger partial charge in [-0.1, -0.05) is 38.1 Å². The number of rotatable bonds is 0. The van der Waals surface area contributed by atoms with Gasteiger partial charge in [-0.3, -0.25) is 0 Å². The minimum Gasteiger partial charge on any atom is -0.374 e. The zero-order chi connectivity index (χ0) is 14.1. The molecule has 5 atom stereocenters. The van der Waals surface area contributed by atoms with Gasteiger partial charge in [-0.25, -0.2) is 0 Å². The smallest absolute Gasteiger partial charge is 0.0862 e. The predicted molar refractivity (Wildman–Crippen MR) is 77.3 cm³/mol. The molecule has 3 heteroatoms. The van der Waals surface area contributed by atoms with E-state index in [0.29, 0.717) is 31.7 Å². The summed E-state index contributed by atoms with van der Waals surface area (Å²) in [5.41, 5.74) is 2.46. The molecular formula is C17H24O3. The third-order valence-electron chi connectivity index (χ3n) is 4.84. The molecule has 1 aromatic rings. The van der Waals surface area contributed by atoms with Gasteiger partial charge in [-0.15, -0.1) is 0 Å². The Morgan fingerprint density at radius 2 is 1.65 bits per heavy atom. The third-order valence-corrected chi connectivity index (χ3v) is 4.84. The molecule has 1 saturated heterocycles. The number of hydrogen-bond acceptors (Lipinski definition) is 3. The summed E-state index contributed by atoms with van der Waals surface area (Å²) in [6.45, 7) is 8.53. The highest BCUT2D eigenvalue weighted by molar-refractivity contribution is 5.26. The minimum absolute atomic E-state index is 0.136. The zero-order valence-corrected chi connectivity index (χ0v) is 12.5. The molecule has 2 unspecified atom stereocenters. The van der Waals surface area contributed by atoms with E-state index in [0.717, 1.165) is 0 Å². The lowest BCUT2D eigenvalue weighted by atomic mass is 9.83. The van der Waals surface area contributed by atoms with Crippen LogP contribution in [-0.4, -0.2) is 24.9 Å². The molecule has 0 amide bonds. The Morgan fingerprint density at radius 1 is 0.950 bits per heavy atom. The molecule has 0 saturated carbocycles. The molecule has 3 rings (SSSR count). The fourth-order valence-electron chi connectivity index (χ4n) is 3.29. The van der Waals surface area contributed by atoms with Gasteiger partial charge < -0.3 is 14.2 Å². The lowest BCUT2D eigenvalue weighted by molar-refractivity contribution is -0.195. The van der Waals surface area contributed by atoms with E-state index in [9.17, 15) is 0 Å². The van der Waals surface area contributed by atoms with Gasteiger partial charge in [0.1, 0.15) is 0 Å². The molecule has 2 aliphatic rings. The quantitative estimate of drug-likeness (QED) is 0.728. The first-order chi connectivity index (χ1) is 9.66. The molecule has 0 aliphatic carbocycles. The molecule has 0 spiro atoms. The Hall–Kier alpha value is -0.900. The Morgan fingerprint density at radius 3 is 2.40 bits per heavy atom. The molecular weight excluding hydrogens is 252 g/mol. The van der Waals surface area contributed by atoms with Crippen molar-refractivity contribution in [3.05, 3.63) is 35.4 Å². The highest BCUT2D eigenvalue weighted by Crippen LogP contribution is 2.34. The van der Waals surface area contributed by atoms with Gasteiger partial charge in [0.05, 0.1) is 38.1 Å². The minimum atomic E-state index is 0.136. The van der Waals surface area contributed by atoms with Gasteiger partial charge in [0.25, 0.3) is 0 Å². The van der Waals surface area contributed by atoms with Crippen LogP contribution in [0.3, 0.4) is 0 Å². The fraction of sp³-hybridized carbons (Fsp3) is 0.647. The SMILES string of the molecule is CC1[C@H](C)OC2COCc3ccccc3CO[C@@H]1[C@H]2C. The van der Waals surface area contributed by atoms with Crippen molar-refractivity contribution < 1.29 is 14.2 Å². The van der Waals surface area contributed by atoms with Crippen molar-refractivity contribution in [3.63, 3.8) is 0 Å². The molecule has 0 aromatic heterocycles. The van der Waals surface area contributed by atoms with Crippen molar-refractivity contribution in [2.75, 3.05) is 6.61 Å². The number of ether oxygens (including phenoxy) is 3. The van der Waals surface area contributed by atoms with Gasteiger partial charge in [-0.2, -0.15) is 0 Å². The average molecular weight is 276 g/mol. The second-order valence-electron chi connectivity index (χ2n) is 6.16. The molecule has 2 aliphatic heterocycles. The van der Waals surface area contributed by atoms with Crippen LogP contribution in [0, 0.1) is 11.8 Å². The molecule has 20 heavy (non-hydrogen) atoms. The fourth-order valence-corrected chi connectivity index (χ4v) is 3.29. The van der Waals surface area contributed by atoms with Crippen molar-refractivity contribution in [2.45, 2.75) is 52.3 Å². The first-order valence-corrected chi connectivity index (χ1v) is 7.58. The molecule has 110 valence electrons. The van der Waals surface area contributed by atoms with E-state index in [4.69, 9.17) is 14.2 Å². The standard InChI is InChI=1S/C17H24O3/c1-11-13(3)20-16-10-18-8-14-6-4-5-7-15(14)9-19-17(11)12(16)2/h4-7,11-13,16-17H,8-10H2,1-3H3/t11?,12-,13-,16?,17-/m0/s1. The first-order valence-electron chi connectivity index (χ1n) is 7.58. The highest BCUT2D eigenvalue weighted by Gasteiger charge is 2.40. The molecule has 1 fully saturated rings. The number of hydrogen-bond donors (Lipinski definition) is 0. The summed E-state index contributed by atoms with van der Waals surface area (Å²) >= 11 is 0. The second kappa shape index (κ2) is 5.84. The normalized spacial score (nSPS) is 38.0. The molecule has 2 bridgehead atoms. The van der Waals surface area contributed by atoms with Crippen molar-refractivity contribution >= 4 is 0 Å². The second-order valence-corrected chi connectivity index (χ2v) is 6.16. The highest BCUT2D eigenvalue weighted by atomic mass is 16.5. The first kappa shape index (κ1) is 14.1. The van der Waals surface area contributed by atoms with Crippen LogP contribution in [0.1, 0.15) is 31.9 Å². The summed E-state index contributed by atoms with van der Waals surface area (Å²) in [7, 11) is 0. The zero-order valence-electron chi connectivity index (χ0n) is 12.5. The lowest BCUT2D eigenvalue weighted by Gasteiger charge is -2.44. The van der Waals surface area contributed by atoms with E-state index < -0.39 is 0 Å². The van der Waals surface area contributed by atoms with Crippen molar-refractivity contribution in [1.82, 2.24) is 0 Å². The maximum Gasteiger partial charge on any atom is 0.0862 e. The predicted octanol–water partition coefficient (Wildman–Crippen LogP) is 3.16. The van der Waals surface area contributed by atoms with E-state index in [2.05, 4.69) is 45.0 Å². The summed E-state index contributed by atoms with van der Waals surface area (Å²) in [5, 5.41) is 0. The van der Waals surface area contributed by atoms with Gasteiger partial charge in [-0.05, 0) is 18.1 Å². The van der Waals surface area contributed by atoms with Crippen LogP contribution in [0.4, 0.5) is 0 Å². The Kier molecular flexibility index (Phi) is 4.11. The van der Waals surface area contributed by atoms with Gasteiger partial charge in [0.15, 0.2) is 0 Å². The maximum absolute atomic E-state index is 6.28. The van der Waals surface area contributed by atoms with Crippen molar-refractivity contribution in [3.8, 4) is 0 Å². The van der Waals surface area contributed by atoms with Crippen LogP contribution >= 0.6 is 0 Å². The summed E-state index contributed by atoms with van der Waals surface area (Å²) < 4.78 is 18.3. The van der Waals surface area contributed by atoms with Crippen LogP contribution < -0.4 is 0 Å². The van der Waals surface area contributed by atoms with Gasteiger partial charge in [0, 0.05) is 11.8 Å². The lowest BCUT2D eigenvalue weighted by Crippen LogP contribution is -2.50. The van der Waals surface area contributed by atoms with Crippen molar-refractivity contribution in [2.24, 2.45) is 11.8 Å². The summed E-state index contributed by atoms with van der Waals surface area (Å²) in [4.78, 5) is 0. The third kappa shape index (κ3) is 2.62. The van der Waals surface area contributed by atoms with E-state index >= 15 is 0 Å². The number of benzene rings is 1. The molecule has 2 heterocycles. The maximum atomic E-state index is 6.28. The van der Waals surface area contributed by atoms with Crippen LogP contribution in [-0.2, 0) is 27.4 Å². The van der Waals surface area contributed by atoms with Gasteiger partial charge in [0.2, 0.25) is 0 Å². The average Bonchev–Trinajstić information content (AvgIpc) is 2.45. The van der Waals surface area contributed by atoms with Crippen LogP contribution in [0.15, 0.2) is 24.3 Å². The Bertz CT molecular complexity index is 459. The summed E-state index contributed by atoms with van der Waals surface area (Å²) in [5.74, 6) is 0.777. The van der Waals surface area contributed by atoms with E-state index in [1.807, 2.05) is 0 Å². The van der Waals surface area contributed by atoms with Gasteiger partial charge >= 0.3 is 0 Å². The molecule has 0 radical (unpaired) electrons. The Labute approximate surface area is 121 Å². The largest absolute Gasteiger partial charge is 0.374 e. The van der Waals surface area contributed by atoms with E-state index in [1.165, 1.54) is 11.1 Å². The number of fused-ring (bicyclic) bond motifs is 3. The van der Waals surface area contributed by atoms with Crippen LogP contribution in [0.2, 0.25) is 0 Å². The summed E-state index contributed by atoms with van der Waals surface area (Å²) in [6, 6.07) is 8.37. The van der Waals surface area contributed by atoms with Crippen LogP contribution in [0.5, 0.6) is 0 Å². The summed E-state index contributed by atoms with van der Waals surface area (Å²) in [6.07, 6.45) is 0.592. The molecule has 1 aromatic carbocycles. The van der Waals surface area contributed by atoms with E-state index in [1.54, 1.807) is 0 Å². The Balaban J connectivity index is 1.86. The molecule has 3 nitrogen and oxygen atoms in total. The van der Waals surface area contributed by atoms with E-state index in [-0.39, 0.29) is 18.3 Å². The topological polar surface area (TPSA) is 27.7 Å².